The Kier molecular flexibility index (Phi) is 10.6. The van der Waals surface area contributed by atoms with Gasteiger partial charge in [-0.05, 0) is 11.6 Å². The third-order valence-electron chi connectivity index (χ3n) is 5.14. The number of carbonyl (C=O) groups is 3. The summed E-state index contributed by atoms with van der Waals surface area (Å²) < 4.78 is 10.8. The summed E-state index contributed by atoms with van der Waals surface area (Å²) in [5, 5.41) is 44.0. The third-order valence-corrected chi connectivity index (χ3v) is 5.14. The first-order chi connectivity index (χ1) is 17.0. The summed E-state index contributed by atoms with van der Waals surface area (Å²) in [6, 6.07) is 5.39. The number of ether oxygens (including phenoxy) is 2. The SMILES string of the molecule is CC(=O)N[C@H]1[C@H]([C@H](O)[C@H](O)CO)OC(C(=O)O)=C[C@@H]1NC(=O)C(COCc1ccccc1)N=C(N)N. The number of aliphatic imine (C=N–C) groups is 1. The van der Waals surface area contributed by atoms with Gasteiger partial charge in [0.25, 0.3) is 0 Å². The highest BCUT2D eigenvalue weighted by Gasteiger charge is 2.44. The molecule has 1 aromatic carbocycles. The van der Waals surface area contributed by atoms with Crippen molar-refractivity contribution in [3.05, 3.63) is 47.7 Å². The van der Waals surface area contributed by atoms with Crippen molar-refractivity contribution >= 4 is 23.7 Å². The van der Waals surface area contributed by atoms with Gasteiger partial charge < -0.3 is 52.0 Å². The van der Waals surface area contributed by atoms with Crippen molar-refractivity contribution in [3.8, 4) is 0 Å². The molecule has 36 heavy (non-hydrogen) atoms. The van der Waals surface area contributed by atoms with Crippen molar-refractivity contribution in [1.82, 2.24) is 10.6 Å². The predicted molar refractivity (Wildman–Crippen MR) is 125 cm³/mol. The van der Waals surface area contributed by atoms with E-state index in [0.717, 1.165) is 18.6 Å². The minimum absolute atomic E-state index is 0.160. The Morgan fingerprint density at radius 3 is 2.39 bits per heavy atom. The number of nitrogens with one attached hydrogen (secondary N) is 2. The number of nitrogens with zero attached hydrogens (tertiary/aromatic N) is 1. The molecule has 14 nitrogen and oxygen atoms in total. The molecule has 0 fully saturated rings. The van der Waals surface area contributed by atoms with Crippen molar-refractivity contribution in [1.29, 1.82) is 0 Å². The number of hydrogen-bond acceptors (Lipinski definition) is 9. The minimum atomic E-state index is -1.82. The van der Waals surface area contributed by atoms with E-state index in [-0.39, 0.29) is 13.2 Å². The van der Waals surface area contributed by atoms with E-state index in [1.807, 2.05) is 30.3 Å². The standard InChI is InChI=1S/C22H31N5O9/c1-11(29)25-17-13(7-16(21(33)34)36-19(17)18(31)15(30)8-28)26-20(32)14(27-22(23)24)10-35-9-12-5-3-2-4-6-12/h2-7,13-15,17-19,28,30-31H,8-10H2,1H3,(H,25,29)(H,26,32)(H,33,34)(H4,23,24,27)/t13-,14?,15+,17+,18+,19+/m0/s1. The number of aliphatic hydroxyl groups is 3. The second-order valence-corrected chi connectivity index (χ2v) is 7.99. The lowest BCUT2D eigenvalue weighted by atomic mass is 9.91. The Hall–Kier alpha value is -3.72. The highest BCUT2D eigenvalue weighted by molar-refractivity contribution is 5.88. The fourth-order valence-electron chi connectivity index (χ4n) is 3.47. The lowest BCUT2D eigenvalue weighted by Crippen LogP contribution is -2.64. The van der Waals surface area contributed by atoms with Crippen molar-refractivity contribution in [2.75, 3.05) is 13.2 Å². The number of benzene rings is 1. The summed E-state index contributed by atoms with van der Waals surface area (Å²) in [6.07, 6.45) is -4.07. The number of nitrogens with two attached hydrogens (primary N) is 2. The summed E-state index contributed by atoms with van der Waals surface area (Å²) in [6.45, 7) is 0.202. The van der Waals surface area contributed by atoms with Crippen molar-refractivity contribution in [2.45, 2.75) is 50.0 Å². The van der Waals surface area contributed by atoms with Gasteiger partial charge in [0.15, 0.2) is 12.0 Å². The highest BCUT2D eigenvalue weighted by atomic mass is 16.5. The number of aliphatic hydroxyl groups excluding tert-OH is 3. The van der Waals surface area contributed by atoms with Gasteiger partial charge in [-0.15, -0.1) is 0 Å². The average molecular weight is 510 g/mol. The molecular weight excluding hydrogens is 478 g/mol. The molecule has 0 aliphatic carbocycles. The summed E-state index contributed by atoms with van der Waals surface area (Å²) in [7, 11) is 0. The van der Waals surface area contributed by atoms with Crippen LogP contribution in [0.5, 0.6) is 0 Å². The van der Waals surface area contributed by atoms with Gasteiger partial charge in [0, 0.05) is 6.92 Å². The molecule has 0 bridgehead atoms. The Bertz CT molecular complexity index is 968. The van der Waals surface area contributed by atoms with Crippen LogP contribution in [0.15, 0.2) is 47.2 Å². The summed E-state index contributed by atoms with van der Waals surface area (Å²) >= 11 is 0. The van der Waals surface area contributed by atoms with Crippen LogP contribution in [0.3, 0.4) is 0 Å². The number of hydrogen-bond donors (Lipinski definition) is 8. The Labute approximate surface area is 206 Å². The molecule has 2 amide bonds. The lowest BCUT2D eigenvalue weighted by Gasteiger charge is -2.40. The summed E-state index contributed by atoms with van der Waals surface area (Å²) in [5.74, 6) is -3.97. The topological polar surface area (TPSA) is 239 Å². The molecule has 0 aromatic heterocycles. The maximum atomic E-state index is 13.1. The highest BCUT2D eigenvalue weighted by Crippen LogP contribution is 2.23. The fourth-order valence-corrected chi connectivity index (χ4v) is 3.47. The molecule has 0 radical (unpaired) electrons. The zero-order valence-corrected chi connectivity index (χ0v) is 19.5. The number of aliphatic carboxylic acids is 1. The van der Waals surface area contributed by atoms with E-state index >= 15 is 0 Å². The first kappa shape index (κ1) is 28.5. The van der Waals surface area contributed by atoms with E-state index in [9.17, 15) is 34.8 Å². The normalized spacial score (nSPS) is 21.7. The van der Waals surface area contributed by atoms with E-state index in [0.29, 0.717) is 0 Å². The van der Waals surface area contributed by atoms with Crippen LogP contribution in [-0.4, -0.2) is 93.8 Å². The van der Waals surface area contributed by atoms with Gasteiger partial charge in [0.05, 0.1) is 31.9 Å². The number of carboxylic acid groups (broad SMARTS) is 1. The van der Waals surface area contributed by atoms with Crippen molar-refractivity contribution < 1.29 is 44.3 Å². The molecule has 10 N–H and O–H groups in total. The van der Waals surface area contributed by atoms with E-state index < -0.39 is 72.5 Å². The third kappa shape index (κ3) is 8.20. The first-order valence-electron chi connectivity index (χ1n) is 10.9. The first-order valence-corrected chi connectivity index (χ1v) is 10.9. The molecule has 1 heterocycles. The Morgan fingerprint density at radius 1 is 1.17 bits per heavy atom. The Balaban J connectivity index is 2.28. The second-order valence-electron chi connectivity index (χ2n) is 7.99. The quantitative estimate of drug-likeness (QED) is 0.104. The smallest absolute Gasteiger partial charge is 0.370 e. The molecule has 14 heteroatoms. The van der Waals surface area contributed by atoms with E-state index in [1.165, 1.54) is 0 Å². The van der Waals surface area contributed by atoms with Gasteiger partial charge in [-0.1, -0.05) is 30.3 Å². The van der Waals surface area contributed by atoms with Crippen LogP contribution in [-0.2, 0) is 30.5 Å². The monoisotopic (exact) mass is 509 g/mol. The van der Waals surface area contributed by atoms with Crippen LogP contribution in [0, 0.1) is 0 Å². The zero-order valence-electron chi connectivity index (χ0n) is 19.5. The second kappa shape index (κ2) is 13.4. The van der Waals surface area contributed by atoms with Crippen LogP contribution < -0.4 is 22.1 Å². The van der Waals surface area contributed by atoms with Crippen molar-refractivity contribution in [3.63, 3.8) is 0 Å². The number of rotatable bonds is 12. The van der Waals surface area contributed by atoms with Crippen LogP contribution in [0.25, 0.3) is 0 Å². The molecule has 1 aliphatic rings. The van der Waals surface area contributed by atoms with Crippen LogP contribution in [0.2, 0.25) is 0 Å². The van der Waals surface area contributed by atoms with Gasteiger partial charge in [-0.3, -0.25) is 9.59 Å². The van der Waals surface area contributed by atoms with Gasteiger partial charge in [0.1, 0.15) is 18.3 Å². The van der Waals surface area contributed by atoms with Crippen molar-refractivity contribution in [2.24, 2.45) is 16.5 Å². The molecule has 2 rings (SSSR count). The van der Waals surface area contributed by atoms with E-state index in [1.54, 1.807) is 0 Å². The molecule has 1 aromatic rings. The average Bonchev–Trinajstić information content (AvgIpc) is 2.83. The summed E-state index contributed by atoms with van der Waals surface area (Å²) in [4.78, 5) is 40.4. The zero-order chi connectivity index (χ0) is 26.8. The molecule has 0 saturated heterocycles. The fraction of sp³-hybridized carbons (Fsp3) is 0.455. The van der Waals surface area contributed by atoms with Crippen LogP contribution >= 0.6 is 0 Å². The largest absolute Gasteiger partial charge is 0.478 e. The molecule has 0 spiro atoms. The summed E-state index contributed by atoms with van der Waals surface area (Å²) in [5.41, 5.74) is 11.7. The van der Waals surface area contributed by atoms with Crippen LogP contribution in [0.4, 0.5) is 0 Å². The van der Waals surface area contributed by atoms with Gasteiger partial charge in [-0.25, -0.2) is 9.79 Å². The van der Waals surface area contributed by atoms with Gasteiger partial charge in [-0.2, -0.15) is 0 Å². The molecule has 1 aliphatic heterocycles. The molecule has 1 unspecified atom stereocenters. The van der Waals surface area contributed by atoms with Crippen LogP contribution in [0.1, 0.15) is 12.5 Å². The maximum Gasteiger partial charge on any atom is 0.370 e. The minimum Gasteiger partial charge on any atom is -0.478 e. The van der Waals surface area contributed by atoms with E-state index in [4.69, 9.17) is 20.9 Å². The van der Waals surface area contributed by atoms with Gasteiger partial charge in [0.2, 0.25) is 17.6 Å². The van der Waals surface area contributed by atoms with E-state index in [2.05, 4.69) is 15.6 Å². The van der Waals surface area contributed by atoms with Gasteiger partial charge >= 0.3 is 5.97 Å². The number of carbonyl (C=O) groups excluding carboxylic acids is 2. The maximum absolute atomic E-state index is 13.1. The molecule has 6 atom stereocenters. The predicted octanol–water partition coefficient (Wildman–Crippen LogP) is -3.08. The molecular formula is C22H31N5O9. The number of amides is 2. The number of carboxylic acids is 1. The Morgan fingerprint density at radius 2 is 1.83 bits per heavy atom. The lowest BCUT2D eigenvalue weighted by molar-refractivity contribution is -0.147. The number of guanidine groups is 1. The molecule has 198 valence electrons. The molecule has 0 saturated carbocycles.